The Bertz CT molecular complexity index is 852. The number of benzene rings is 1. The molecule has 6 nitrogen and oxygen atoms in total. The first-order chi connectivity index (χ1) is 11.8. The normalized spacial score (nSPS) is 18.1. The fraction of sp³-hybridized carbons (Fsp3) is 0.294. The fourth-order valence-electron chi connectivity index (χ4n) is 3.16. The fourth-order valence-corrected chi connectivity index (χ4v) is 3.74. The molecule has 3 heterocycles. The Hall–Kier alpha value is -2.12. The smallest absolute Gasteiger partial charge is 0.185 e. The predicted octanol–water partition coefficient (Wildman–Crippen LogP) is 3.14. The number of methoxy groups -OCH3 is 1. The first-order valence-corrected chi connectivity index (χ1v) is 8.58. The summed E-state index contributed by atoms with van der Waals surface area (Å²) in [5.74, 6) is 0.734. The number of hydrogen-bond donors (Lipinski definition) is 1. The predicted molar refractivity (Wildman–Crippen MR) is 95.5 cm³/mol. The molecule has 0 aliphatic carbocycles. The monoisotopic (exact) mass is 388 g/mol. The molecule has 1 unspecified atom stereocenters. The van der Waals surface area contributed by atoms with Gasteiger partial charge in [-0.05, 0) is 40.2 Å². The zero-order valence-electron chi connectivity index (χ0n) is 13.2. The van der Waals surface area contributed by atoms with E-state index in [0.717, 1.165) is 46.6 Å². The lowest BCUT2D eigenvalue weighted by molar-refractivity contribution is 0.403. The molecule has 4 rings (SSSR count). The van der Waals surface area contributed by atoms with Gasteiger partial charge in [0.15, 0.2) is 5.58 Å². The van der Waals surface area contributed by atoms with Gasteiger partial charge in [0.1, 0.15) is 15.9 Å². The van der Waals surface area contributed by atoms with Gasteiger partial charge in [-0.1, -0.05) is 5.16 Å². The van der Waals surface area contributed by atoms with E-state index in [1.165, 1.54) is 0 Å². The molecule has 1 fully saturated rings. The third-order valence-corrected chi connectivity index (χ3v) is 5.10. The third kappa shape index (κ3) is 2.53. The number of aromatic nitrogens is 2. The number of anilines is 1. The topological polar surface area (TPSA) is 63.4 Å². The van der Waals surface area contributed by atoms with Crippen LogP contribution in [-0.4, -0.2) is 36.9 Å². The average molecular weight is 389 g/mol. The van der Waals surface area contributed by atoms with Gasteiger partial charge in [-0.3, -0.25) is 4.98 Å². The van der Waals surface area contributed by atoms with Gasteiger partial charge < -0.3 is 19.5 Å². The van der Waals surface area contributed by atoms with Crippen molar-refractivity contribution in [3.05, 3.63) is 46.8 Å². The van der Waals surface area contributed by atoms with Gasteiger partial charge in [0.2, 0.25) is 0 Å². The maximum absolute atomic E-state index is 5.62. The molecule has 1 aliphatic rings. The largest absolute Gasteiger partial charge is 0.495 e. The molecule has 0 radical (unpaired) electrons. The van der Waals surface area contributed by atoms with Crippen LogP contribution in [0.3, 0.4) is 0 Å². The van der Waals surface area contributed by atoms with Gasteiger partial charge in [0, 0.05) is 43.1 Å². The van der Waals surface area contributed by atoms with Gasteiger partial charge in [-0.15, -0.1) is 0 Å². The number of pyridine rings is 1. The summed E-state index contributed by atoms with van der Waals surface area (Å²) in [6, 6.07) is 8.09. The third-order valence-electron chi connectivity index (χ3n) is 4.35. The van der Waals surface area contributed by atoms with E-state index in [4.69, 9.17) is 9.26 Å². The number of piperazine rings is 1. The molecular formula is C17H17BrN4O2. The molecule has 0 saturated carbocycles. The molecular weight excluding hydrogens is 372 g/mol. The van der Waals surface area contributed by atoms with Crippen molar-refractivity contribution in [1.82, 2.24) is 15.5 Å². The van der Waals surface area contributed by atoms with Crippen LogP contribution in [-0.2, 0) is 0 Å². The molecule has 124 valence electrons. The number of ether oxygens (including phenoxy) is 1. The van der Waals surface area contributed by atoms with Crippen LogP contribution in [0.5, 0.6) is 5.75 Å². The Morgan fingerprint density at radius 3 is 2.92 bits per heavy atom. The lowest BCUT2D eigenvalue weighted by Gasteiger charge is -2.36. The van der Waals surface area contributed by atoms with E-state index < -0.39 is 0 Å². The van der Waals surface area contributed by atoms with Crippen molar-refractivity contribution in [2.45, 2.75) is 6.04 Å². The molecule has 1 N–H and O–H groups in total. The van der Waals surface area contributed by atoms with E-state index >= 15 is 0 Å². The van der Waals surface area contributed by atoms with E-state index in [-0.39, 0.29) is 6.04 Å². The van der Waals surface area contributed by atoms with Crippen LogP contribution in [0.15, 0.2) is 45.7 Å². The summed E-state index contributed by atoms with van der Waals surface area (Å²) in [6.45, 7) is 2.65. The lowest BCUT2D eigenvalue weighted by atomic mass is 10.0. The van der Waals surface area contributed by atoms with Crippen molar-refractivity contribution >= 4 is 32.6 Å². The van der Waals surface area contributed by atoms with Crippen LogP contribution < -0.4 is 15.0 Å². The number of nitrogens with one attached hydrogen (secondary N) is 1. The summed E-state index contributed by atoms with van der Waals surface area (Å²) in [5.41, 5.74) is 2.78. The van der Waals surface area contributed by atoms with Crippen molar-refractivity contribution < 1.29 is 9.26 Å². The van der Waals surface area contributed by atoms with Crippen LogP contribution in [0.1, 0.15) is 11.7 Å². The van der Waals surface area contributed by atoms with Crippen molar-refractivity contribution in [3.63, 3.8) is 0 Å². The van der Waals surface area contributed by atoms with Crippen molar-refractivity contribution in [3.8, 4) is 5.75 Å². The zero-order valence-corrected chi connectivity index (χ0v) is 14.8. The SMILES string of the molecule is COc1ccc2c(C3CNCCN3c3ccncc3)noc2c1Br. The highest BCUT2D eigenvalue weighted by Crippen LogP contribution is 2.38. The molecule has 1 aromatic carbocycles. The minimum absolute atomic E-state index is 0.0997. The highest BCUT2D eigenvalue weighted by atomic mass is 79.9. The second-order valence-electron chi connectivity index (χ2n) is 5.65. The van der Waals surface area contributed by atoms with Gasteiger partial charge >= 0.3 is 0 Å². The Morgan fingerprint density at radius 1 is 1.29 bits per heavy atom. The second-order valence-corrected chi connectivity index (χ2v) is 6.44. The van der Waals surface area contributed by atoms with E-state index in [0.29, 0.717) is 5.58 Å². The Balaban J connectivity index is 1.79. The van der Waals surface area contributed by atoms with Crippen LogP contribution in [0.4, 0.5) is 5.69 Å². The molecule has 7 heteroatoms. The Kier molecular flexibility index (Phi) is 4.12. The highest BCUT2D eigenvalue weighted by molar-refractivity contribution is 9.10. The minimum Gasteiger partial charge on any atom is -0.495 e. The van der Waals surface area contributed by atoms with E-state index in [1.807, 2.05) is 36.7 Å². The maximum Gasteiger partial charge on any atom is 0.185 e. The summed E-state index contributed by atoms with van der Waals surface area (Å²) in [7, 11) is 1.64. The van der Waals surface area contributed by atoms with Crippen molar-refractivity contribution in [2.24, 2.45) is 0 Å². The van der Waals surface area contributed by atoms with Gasteiger partial charge in [-0.2, -0.15) is 0 Å². The van der Waals surface area contributed by atoms with Crippen molar-refractivity contribution in [1.29, 1.82) is 0 Å². The molecule has 1 atom stereocenters. The lowest BCUT2D eigenvalue weighted by Crippen LogP contribution is -2.46. The highest BCUT2D eigenvalue weighted by Gasteiger charge is 2.29. The molecule has 3 aromatic rings. The number of nitrogens with zero attached hydrogens (tertiary/aromatic N) is 3. The summed E-state index contributed by atoms with van der Waals surface area (Å²) < 4.78 is 11.7. The minimum atomic E-state index is 0.0997. The average Bonchev–Trinajstić information content (AvgIpc) is 3.08. The number of hydrogen-bond acceptors (Lipinski definition) is 6. The van der Waals surface area contributed by atoms with Gasteiger partial charge in [-0.25, -0.2) is 0 Å². The molecule has 0 amide bonds. The van der Waals surface area contributed by atoms with Crippen LogP contribution >= 0.6 is 15.9 Å². The first-order valence-electron chi connectivity index (χ1n) is 7.78. The molecule has 1 aliphatic heterocycles. The van der Waals surface area contributed by atoms with E-state index in [1.54, 1.807) is 7.11 Å². The molecule has 1 saturated heterocycles. The number of fused-ring (bicyclic) bond motifs is 1. The Morgan fingerprint density at radius 2 is 2.12 bits per heavy atom. The quantitative estimate of drug-likeness (QED) is 0.743. The van der Waals surface area contributed by atoms with Crippen LogP contribution in [0.25, 0.3) is 11.0 Å². The molecule has 0 bridgehead atoms. The number of rotatable bonds is 3. The van der Waals surface area contributed by atoms with Crippen LogP contribution in [0, 0.1) is 0 Å². The summed E-state index contributed by atoms with van der Waals surface area (Å²) >= 11 is 3.54. The molecule has 0 spiro atoms. The molecule has 24 heavy (non-hydrogen) atoms. The standard InChI is InChI=1S/C17H17BrN4O2/c1-23-14-3-2-12-16(21-24-17(12)15(14)18)13-10-20-8-9-22(13)11-4-6-19-7-5-11/h2-7,13,20H,8-10H2,1H3. The summed E-state index contributed by atoms with van der Waals surface area (Å²) in [5, 5.41) is 8.82. The molecule has 2 aromatic heterocycles. The van der Waals surface area contributed by atoms with E-state index in [9.17, 15) is 0 Å². The maximum atomic E-state index is 5.62. The summed E-state index contributed by atoms with van der Waals surface area (Å²) in [4.78, 5) is 6.45. The van der Waals surface area contributed by atoms with Crippen molar-refractivity contribution in [2.75, 3.05) is 31.6 Å². The summed E-state index contributed by atoms with van der Waals surface area (Å²) in [6.07, 6.45) is 3.63. The van der Waals surface area contributed by atoms with Crippen LogP contribution in [0.2, 0.25) is 0 Å². The van der Waals surface area contributed by atoms with E-state index in [2.05, 4.69) is 36.3 Å². The number of halogens is 1. The first kappa shape index (κ1) is 15.4. The zero-order chi connectivity index (χ0) is 16.5. The second kappa shape index (κ2) is 6.41. The Labute approximate surface area is 147 Å². The van der Waals surface area contributed by atoms with Gasteiger partial charge in [0.25, 0.3) is 0 Å². The van der Waals surface area contributed by atoms with Gasteiger partial charge in [0.05, 0.1) is 13.2 Å².